The van der Waals surface area contributed by atoms with Crippen molar-refractivity contribution in [2.45, 2.75) is 78.3 Å². The molecule has 0 saturated heterocycles. The van der Waals surface area contributed by atoms with Crippen LogP contribution in [0.15, 0.2) is 0 Å². The Morgan fingerprint density at radius 1 is 0.957 bits per heavy atom. The Labute approximate surface area is 142 Å². The Hall–Kier alpha value is -0.110. The van der Waals surface area contributed by atoms with Crippen LogP contribution in [0.3, 0.4) is 0 Å². The highest BCUT2D eigenvalue weighted by Crippen LogP contribution is 2.67. The van der Waals surface area contributed by atoms with Crippen molar-refractivity contribution in [2.75, 3.05) is 6.54 Å². The lowest BCUT2D eigenvalue weighted by atomic mass is 9.44. The van der Waals surface area contributed by atoms with E-state index in [4.69, 9.17) is 5.73 Å². The van der Waals surface area contributed by atoms with Crippen LogP contribution in [0.1, 0.15) is 72.1 Å². The zero-order valence-corrected chi connectivity index (χ0v) is 15.4. The lowest BCUT2D eigenvalue weighted by Gasteiger charge is -2.61. The average Bonchev–Trinajstić information content (AvgIpc) is 2.78. The molecule has 0 aromatic carbocycles. The van der Waals surface area contributed by atoms with Gasteiger partial charge in [0, 0.05) is 0 Å². The van der Waals surface area contributed by atoms with Crippen LogP contribution in [-0.4, -0.2) is 12.7 Å². The van der Waals surface area contributed by atoms with Gasteiger partial charge < -0.3 is 5.73 Å². The summed E-state index contributed by atoms with van der Waals surface area (Å²) in [4.78, 5) is 0. The van der Waals surface area contributed by atoms with Gasteiger partial charge in [-0.05, 0) is 104 Å². The molecule has 0 bridgehead atoms. The molecular formula is C21H36FN. The molecule has 4 saturated carbocycles. The van der Waals surface area contributed by atoms with Gasteiger partial charge in [-0.2, -0.15) is 0 Å². The zero-order valence-electron chi connectivity index (χ0n) is 15.4. The van der Waals surface area contributed by atoms with E-state index in [-0.39, 0.29) is 11.3 Å². The Morgan fingerprint density at radius 2 is 1.70 bits per heavy atom. The van der Waals surface area contributed by atoms with Gasteiger partial charge >= 0.3 is 0 Å². The molecule has 2 heteroatoms. The molecule has 0 heterocycles. The van der Waals surface area contributed by atoms with Gasteiger partial charge in [0.15, 0.2) is 0 Å². The smallest absolute Gasteiger partial charge is 0.103 e. The Kier molecular flexibility index (Phi) is 3.87. The standard InChI is InChI=1S/C21H36FN/c1-13-19(22)11-18-16-5-4-15-10-14(12-23)6-8-21(15,3)17(16)7-9-20(13,18)2/h13-19H,4-12,23H2,1-3H3. The normalized spacial score (nSPS) is 59.1. The minimum Gasteiger partial charge on any atom is -0.330 e. The van der Waals surface area contributed by atoms with Gasteiger partial charge in [0.05, 0.1) is 0 Å². The molecule has 4 rings (SSSR count). The van der Waals surface area contributed by atoms with Crippen LogP contribution in [0, 0.1) is 46.3 Å². The number of hydrogen-bond donors (Lipinski definition) is 1. The molecular weight excluding hydrogens is 285 g/mol. The van der Waals surface area contributed by atoms with Crippen LogP contribution in [0.25, 0.3) is 0 Å². The summed E-state index contributed by atoms with van der Waals surface area (Å²) in [6.07, 6.45) is 9.73. The molecule has 1 nitrogen and oxygen atoms in total. The third kappa shape index (κ3) is 2.19. The number of fused-ring (bicyclic) bond motifs is 5. The summed E-state index contributed by atoms with van der Waals surface area (Å²) in [5.41, 5.74) is 6.77. The van der Waals surface area contributed by atoms with Gasteiger partial charge in [0.2, 0.25) is 0 Å². The fourth-order valence-corrected chi connectivity index (χ4v) is 7.78. The predicted molar refractivity (Wildman–Crippen MR) is 93.7 cm³/mol. The number of nitrogens with two attached hydrogens (primary N) is 1. The van der Waals surface area contributed by atoms with E-state index in [1.54, 1.807) is 0 Å². The highest BCUT2D eigenvalue weighted by Gasteiger charge is 2.61. The van der Waals surface area contributed by atoms with Crippen LogP contribution < -0.4 is 5.73 Å². The first-order chi connectivity index (χ1) is 10.9. The highest BCUT2D eigenvalue weighted by molar-refractivity contribution is 5.10. The topological polar surface area (TPSA) is 26.0 Å². The van der Waals surface area contributed by atoms with E-state index >= 15 is 0 Å². The van der Waals surface area contributed by atoms with E-state index in [9.17, 15) is 4.39 Å². The molecule has 4 fully saturated rings. The Bertz CT molecular complexity index is 465. The van der Waals surface area contributed by atoms with Crippen molar-refractivity contribution in [1.82, 2.24) is 0 Å². The molecule has 132 valence electrons. The second-order valence-electron chi connectivity index (χ2n) is 10.1. The van der Waals surface area contributed by atoms with Crippen LogP contribution in [0.2, 0.25) is 0 Å². The van der Waals surface area contributed by atoms with Gasteiger partial charge in [-0.3, -0.25) is 0 Å². The van der Waals surface area contributed by atoms with Crippen molar-refractivity contribution in [3.8, 4) is 0 Å². The van der Waals surface area contributed by atoms with Gasteiger partial charge in [0.1, 0.15) is 6.17 Å². The van der Waals surface area contributed by atoms with Crippen LogP contribution in [0.4, 0.5) is 4.39 Å². The molecule has 23 heavy (non-hydrogen) atoms. The summed E-state index contributed by atoms with van der Waals surface area (Å²) in [7, 11) is 0. The summed E-state index contributed by atoms with van der Waals surface area (Å²) < 4.78 is 14.5. The van der Waals surface area contributed by atoms with E-state index < -0.39 is 6.17 Å². The molecule has 0 aromatic heterocycles. The molecule has 9 atom stereocenters. The summed E-state index contributed by atoms with van der Waals surface area (Å²) in [6, 6.07) is 0. The zero-order chi connectivity index (χ0) is 16.4. The van der Waals surface area contributed by atoms with Crippen molar-refractivity contribution in [3.05, 3.63) is 0 Å². The molecule has 4 aliphatic rings. The van der Waals surface area contributed by atoms with Gasteiger partial charge in [-0.25, -0.2) is 4.39 Å². The maximum absolute atomic E-state index is 14.5. The van der Waals surface area contributed by atoms with Crippen molar-refractivity contribution in [3.63, 3.8) is 0 Å². The van der Waals surface area contributed by atoms with Gasteiger partial charge in [-0.15, -0.1) is 0 Å². The lowest BCUT2D eigenvalue weighted by Crippen LogP contribution is -2.53. The quantitative estimate of drug-likeness (QED) is 0.707. The fraction of sp³-hybridized carbons (Fsp3) is 1.00. The number of hydrogen-bond acceptors (Lipinski definition) is 1. The first-order valence-electron chi connectivity index (χ1n) is 10.2. The predicted octanol–water partition coefficient (Wildman–Crippen LogP) is 5.19. The fourth-order valence-electron chi connectivity index (χ4n) is 7.78. The number of alkyl halides is 1. The van der Waals surface area contributed by atoms with E-state index in [1.165, 1.54) is 44.9 Å². The lowest BCUT2D eigenvalue weighted by molar-refractivity contribution is -0.116. The summed E-state index contributed by atoms with van der Waals surface area (Å²) in [5, 5.41) is 0. The molecule has 2 N–H and O–H groups in total. The van der Waals surface area contributed by atoms with Crippen LogP contribution in [0.5, 0.6) is 0 Å². The molecule has 0 radical (unpaired) electrons. The first-order valence-corrected chi connectivity index (χ1v) is 10.2. The third-order valence-corrected chi connectivity index (χ3v) is 9.61. The van der Waals surface area contributed by atoms with Crippen molar-refractivity contribution >= 4 is 0 Å². The second kappa shape index (κ2) is 5.44. The van der Waals surface area contributed by atoms with Crippen LogP contribution in [-0.2, 0) is 0 Å². The van der Waals surface area contributed by atoms with E-state index in [1.807, 2.05) is 0 Å². The van der Waals surface area contributed by atoms with E-state index in [0.29, 0.717) is 11.3 Å². The average molecular weight is 322 g/mol. The minimum absolute atomic E-state index is 0.270. The molecule has 4 aliphatic carbocycles. The maximum atomic E-state index is 14.5. The van der Waals surface area contributed by atoms with Gasteiger partial charge in [0.25, 0.3) is 0 Å². The van der Waals surface area contributed by atoms with Crippen molar-refractivity contribution < 1.29 is 4.39 Å². The molecule has 0 amide bonds. The molecule has 0 aromatic rings. The molecule has 0 spiro atoms. The molecule has 9 unspecified atom stereocenters. The summed E-state index contributed by atoms with van der Waals surface area (Å²) in [5.74, 6) is 4.22. The number of halogens is 1. The molecule has 0 aliphatic heterocycles. The monoisotopic (exact) mass is 321 g/mol. The first kappa shape index (κ1) is 16.4. The SMILES string of the molecule is CC1C(F)CC2C3CCC4CC(CN)CCC4(C)C3CCC12C. The largest absolute Gasteiger partial charge is 0.330 e. The van der Waals surface area contributed by atoms with Gasteiger partial charge in [-0.1, -0.05) is 20.8 Å². The van der Waals surface area contributed by atoms with Crippen molar-refractivity contribution in [1.29, 1.82) is 0 Å². The Balaban J connectivity index is 1.60. The van der Waals surface area contributed by atoms with E-state index in [2.05, 4.69) is 20.8 Å². The summed E-state index contributed by atoms with van der Waals surface area (Å²) >= 11 is 0. The highest BCUT2D eigenvalue weighted by atomic mass is 19.1. The number of rotatable bonds is 1. The van der Waals surface area contributed by atoms with Crippen LogP contribution >= 0.6 is 0 Å². The third-order valence-electron chi connectivity index (χ3n) is 9.61. The maximum Gasteiger partial charge on any atom is 0.103 e. The second-order valence-corrected chi connectivity index (χ2v) is 10.1. The minimum atomic E-state index is -0.553. The summed E-state index contributed by atoms with van der Waals surface area (Å²) in [6.45, 7) is 8.07. The Morgan fingerprint density at radius 3 is 2.43 bits per heavy atom. The van der Waals surface area contributed by atoms with E-state index in [0.717, 1.165) is 36.6 Å². The van der Waals surface area contributed by atoms with Crippen molar-refractivity contribution in [2.24, 2.45) is 52.1 Å².